The van der Waals surface area contributed by atoms with Crippen molar-refractivity contribution in [3.63, 3.8) is 0 Å². The highest BCUT2D eigenvalue weighted by atomic mass is 16.2. The van der Waals surface area contributed by atoms with E-state index in [0.717, 1.165) is 19.3 Å². The van der Waals surface area contributed by atoms with Crippen LogP contribution in [-0.4, -0.2) is 17.5 Å². The van der Waals surface area contributed by atoms with E-state index in [1.165, 1.54) is 0 Å². The summed E-state index contributed by atoms with van der Waals surface area (Å²) in [5, 5.41) is 2.85. The van der Waals surface area contributed by atoms with Gasteiger partial charge in [0.2, 0.25) is 5.91 Å². The molecule has 4 rings (SSSR count). The fraction of sp³-hybridized carbons (Fsp3) is 0.211. The molecule has 0 unspecified atom stereocenters. The van der Waals surface area contributed by atoms with Crippen molar-refractivity contribution in [1.29, 1.82) is 0 Å². The largest absolute Gasteiger partial charge is 0.326 e. The molecule has 1 N–H and O–H groups in total. The molecule has 0 bridgehead atoms. The minimum atomic E-state index is -0.171. The van der Waals surface area contributed by atoms with Gasteiger partial charge in [-0.2, -0.15) is 0 Å². The van der Waals surface area contributed by atoms with E-state index in [-0.39, 0.29) is 23.4 Å². The van der Waals surface area contributed by atoms with Crippen LogP contribution < -0.4 is 5.32 Å². The number of hydrogen-bond acceptors (Lipinski definition) is 3. The fourth-order valence-corrected chi connectivity index (χ4v) is 3.09. The summed E-state index contributed by atoms with van der Waals surface area (Å²) in [5.74, 6) is -0.253. The molecule has 0 aromatic heterocycles. The molecule has 4 heteroatoms. The Balaban J connectivity index is 1.70. The normalized spacial score (nSPS) is 16.3. The number of hydrogen-bond donors (Lipinski definition) is 1. The predicted molar refractivity (Wildman–Crippen MR) is 85.7 cm³/mol. The number of amides is 1. The second-order valence-corrected chi connectivity index (χ2v) is 6.08. The zero-order chi connectivity index (χ0) is 16.0. The lowest BCUT2D eigenvalue weighted by Crippen LogP contribution is -2.28. The van der Waals surface area contributed by atoms with Gasteiger partial charge in [0.05, 0.1) is 0 Å². The van der Waals surface area contributed by atoms with Gasteiger partial charge in [0, 0.05) is 33.9 Å². The van der Waals surface area contributed by atoms with Gasteiger partial charge in [-0.3, -0.25) is 14.4 Å². The Morgan fingerprint density at radius 3 is 2.09 bits per heavy atom. The maximum Gasteiger partial charge on any atom is 0.227 e. The van der Waals surface area contributed by atoms with Gasteiger partial charge < -0.3 is 5.32 Å². The van der Waals surface area contributed by atoms with Crippen LogP contribution in [0.4, 0.5) is 5.69 Å². The number of carbonyl (C=O) groups is 3. The van der Waals surface area contributed by atoms with Gasteiger partial charge in [0.25, 0.3) is 0 Å². The average Bonchev–Trinajstić information content (AvgIpc) is 2.51. The molecule has 2 aliphatic rings. The molecule has 0 aliphatic heterocycles. The smallest absolute Gasteiger partial charge is 0.227 e. The first kappa shape index (κ1) is 13.9. The van der Waals surface area contributed by atoms with E-state index < -0.39 is 0 Å². The maximum absolute atomic E-state index is 12.6. The zero-order valence-electron chi connectivity index (χ0n) is 12.5. The van der Waals surface area contributed by atoms with Crippen molar-refractivity contribution < 1.29 is 14.4 Å². The SMILES string of the molecule is O=C1c2ccccc2C(=O)c2cc(NC(=O)C3CCC3)ccc21. The van der Waals surface area contributed by atoms with E-state index >= 15 is 0 Å². The Morgan fingerprint density at radius 2 is 1.48 bits per heavy atom. The first-order chi connectivity index (χ1) is 11.1. The van der Waals surface area contributed by atoms with Gasteiger partial charge in [-0.05, 0) is 31.0 Å². The van der Waals surface area contributed by atoms with Crippen LogP contribution in [0.2, 0.25) is 0 Å². The van der Waals surface area contributed by atoms with E-state index in [4.69, 9.17) is 0 Å². The lowest BCUT2D eigenvalue weighted by Gasteiger charge is -2.24. The van der Waals surface area contributed by atoms with Gasteiger partial charge in [-0.15, -0.1) is 0 Å². The lowest BCUT2D eigenvalue weighted by molar-refractivity contribution is -0.122. The van der Waals surface area contributed by atoms with E-state index in [1.54, 1.807) is 42.5 Å². The summed E-state index contributed by atoms with van der Waals surface area (Å²) in [4.78, 5) is 37.2. The monoisotopic (exact) mass is 305 g/mol. The molecule has 1 saturated carbocycles. The summed E-state index contributed by atoms with van der Waals surface area (Å²) in [6, 6.07) is 11.8. The molecule has 114 valence electrons. The zero-order valence-corrected chi connectivity index (χ0v) is 12.5. The number of anilines is 1. The minimum Gasteiger partial charge on any atom is -0.326 e. The number of benzene rings is 2. The van der Waals surface area contributed by atoms with Crippen molar-refractivity contribution in [2.24, 2.45) is 5.92 Å². The van der Waals surface area contributed by atoms with E-state index in [1.807, 2.05) is 0 Å². The Morgan fingerprint density at radius 1 is 0.870 bits per heavy atom. The number of nitrogens with one attached hydrogen (secondary N) is 1. The van der Waals surface area contributed by atoms with Crippen LogP contribution in [0.25, 0.3) is 0 Å². The molecule has 1 fully saturated rings. The second-order valence-electron chi connectivity index (χ2n) is 6.08. The van der Waals surface area contributed by atoms with Crippen LogP contribution in [0.15, 0.2) is 42.5 Å². The Kier molecular flexibility index (Phi) is 3.11. The highest BCUT2D eigenvalue weighted by Crippen LogP contribution is 2.31. The standard InChI is InChI=1S/C19H15NO3/c21-17-13-6-1-2-7-14(13)18(22)16-10-12(8-9-15(16)17)20-19(23)11-4-3-5-11/h1-2,6-11H,3-5H2,(H,20,23). The molecule has 0 radical (unpaired) electrons. The summed E-state index contributed by atoms with van der Waals surface area (Å²) in [6.45, 7) is 0. The molecule has 0 spiro atoms. The van der Waals surface area contributed by atoms with Gasteiger partial charge in [0.15, 0.2) is 11.6 Å². The molecule has 4 nitrogen and oxygen atoms in total. The Hall–Kier alpha value is -2.75. The molecule has 0 atom stereocenters. The fourth-order valence-electron chi connectivity index (χ4n) is 3.09. The molecule has 23 heavy (non-hydrogen) atoms. The van der Waals surface area contributed by atoms with E-state index in [2.05, 4.69) is 5.32 Å². The number of rotatable bonds is 2. The van der Waals surface area contributed by atoms with Crippen molar-refractivity contribution in [2.75, 3.05) is 5.32 Å². The van der Waals surface area contributed by atoms with Gasteiger partial charge in [0.1, 0.15) is 0 Å². The van der Waals surface area contributed by atoms with Crippen LogP contribution >= 0.6 is 0 Å². The van der Waals surface area contributed by atoms with Crippen molar-refractivity contribution in [3.05, 3.63) is 64.7 Å². The molecule has 0 saturated heterocycles. The third kappa shape index (κ3) is 2.18. The van der Waals surface area contributed by atoms with Gasteiger partial charge in [-0.1, -0.05) is 30.7 Å². The average molecular weight is 305 g/mol. The number of fused-ring (bicyclic) bond motifs is 2. The number of ketones is 2. The minimum absolute atomic E-state index is 0.00816. The highest BCUT2D eigenvalue weighted by Gasteiger charge is 2.30. The summed E-state index contributed by atoms with van der Waals surface area (Å²) >= 11 is 0. The van der Waals surface area contributed by atoms with Crippen molar-refractivity contribution in [3.8, 4) is 0 Å². The molecule has 0 heterocycles. The van der Waals surface area contributed by atoms with Gasteiger partial charge >= 0.3 is 0 Å². The van der Waals surface area contributed by atoms with Crippen LogP contribution in [0, 0.1) is 5.92 Å². The van der Waals surface area contributed by atoms with Crippen molar-refractivity contribution in [1.82, 2.24) is 0 Å². The first-order valence-electron chi connectivity index (χ1n) is 7.78. The van der Waals surface area contributed by atoms with E-state index in [0.29, 0.717) is 27.9 Å². The Labute approximate surface area is 133 Å². The highest BCUT2D eigenvalue weighted by molar-refractivity contribution is 6.28. The predicted octanol–water partition coefficient (Wildman–Crippen LogP) is 3.20. The lowest BCUT2D eigenvalue weighted by atomic mass is 9.83. The summed E-state index contributed by atoms with van der Waals surface area (Å²) in [6.07, 6.45) is 2.93. The molecule has 1 amide bonds. The van der Waals surface area contributed by atoms with Crippen LogP contribution in [-0.2, 0) is 4.79 Å². The third-order valence-electron chi connectivity index (χ3n) is 4.67. The third-order valence-corrected chi connectivity index (χ3v) is 4.67. The molecule has 2 aromatic rings. The van der Waals surface area contributed by atoms with Crippen LogP contribution in [0.5, 0.6) is 0 Å². The van der Waals surface area contributed by atoms with Crippen molar-refractivity contribution >= 4 is 23.2 Å². The molecular weight excluding hydrogens is 290 g/mol. The van der Waals surface area contributed by atoms with E-state index in [9.17, 15) is 14.4 Å². The maximum atomic E-state index is 12.6. The molecular formula is C19H15NO3. The summed E-state index contributed by atoms with van der Waals surface area (Å²) in [7, 11) is 0. The summed E-state index contributed by atoms with van der Waals surface area (Å²) < 4.78 is 0. The quantitative estimate of drug-likeness (QED) is 0.791. The molecule has 2 aliphatic carbocycles. The van der Waals surface area contributed by atoms with Crippen LogP contribution in [0.1, 0.15) is 51.1 Å². The van der Waals surface area contributed by atoms with Crippen LogP contribution in [0.3, 0.4) is 0 Å². The molecule has 2 aromatic carbocycles. The summed E-state index contributed by atoms with van der Waals surface area (Å²) in [5.41, 5.74) is 2.19. The second kappa shape index (κ2) is 5.16. The topological polar surface area (TPSA) is 63.2 Å². The number of carbonyl (C=O) groups excluding carboxylic acids is 3. The van der Waals surface area contributed by atoms with Gasteiger partial charge in [-0.25, -0.2) is 0 Å². The first-order valence-corrected chi connectivity index (χ1v) is 7.78. The van der Waals surface area contributed by atoms with Crippen molar-refractivity contribution in [2.45, 2.75) is 19.3 Å². The Bertz CT molecular complexity index is 849.